The van der Waals surface area contributed by atoms with Gasteiger partial charge in [0.15, 0.2) is 0 Å². The average Bonchev–Trinajstić information content (AvgIpc) is 3.45. The Kier molecular flexibility index (Phi) is 13.6. The van der Waals surface area contributed by atoms with Gasteiger partial charge in [0.25, 0.3) is 0 Å². The summed E-state index contributed by atoms with van der Waals surface area (Å²) in [6.45, 7) is 28.1. The van der Waals surface area contributed by atoms with Crippen molar-refractivity contribution >= 4 is 18.2 Å². The lowest BCUT2D eigenvalue weighted by Gasteiger charge is -2.19. The first-order valence-corrected chi connectivity index (χ1v) is 18.6. The van der Waals surface area contributed by atoms with E-state index in [2.05, 4.69) is 131 Å². The average molecular weight is 623 g/mol. The van der Waals surface area contributed by atoms with Crippen molar-refractivity contribution in [2.24, 2.45) is 14.1 Å². The Morgan fingerprint density at radius 1 is 0.435 bits per heavy atom. The first kappa shape index (κ1) is 37.5. The molecule has 0 unspecified atom stereocenters. The normalized spacial score (nSPS) is 20.5. The lowest BCUT2D eigenvalue weighted by molar-refractivity contribution is 0.835. The van der Waals surface area contributed by atoms with Crippen LogP contribution in [0.4, 0.5) is 0 Å². The minimum Gasteiger partial charge on any atom is -0.344 e. The summed E-state index contributed by atoms with van der Waals surface area (Å²) in [6.07, 6.45) is 20.7. The summed E-state index contributed by atoms with van der Waals surface area (Å²) in [5, 5.41) is 2.76. The number of hydrogen-bond donors (Lipinski definition) is 0. The zero-order valence-corrected chi connectivity index (χ0v) is 32.3. The van der Waals surface area contributed by atoms with Crippen LogP contribution in [0.3, 0.4) is 0 Å². The van der Waals surface area contributed by atoms with E-state index in [4.69, 9.17) is 0 Å². The predicted molar refractivity (Wildman–Crippen MR) is 206 cm³/mol. The van der Waals surface area contributed by atoms with Crippen molar-refractivity contribution in [3.63, 3.8) is 0 Å². The molecule has 0 fully saturated rings. The molecule has 3 heterocycles. The molecule has 0 saturated carbocycles. The molecule has 4 bridgehead atoms. The third-order valence-corrected chi connectivity index (χ3v) is 10.7. The molecule has 0 amide bonds. The maximum absolute atomic E-state index is 2.58. The quantitative estimate of drug-likeness (QED) is 0.249. The van der Waals surface area contributed by atoms with Gasteiger partial charge in [-0.25, -0.2) is 0 Å². The van der Waals surface area contributed by atoms with Gasteiger partial charge in [0.05, 0.1) is 0 Å². The van der Waals surface area contributed by atoms with Gasteiger partial charge in [-0.05, 0) is 164 Å². The highest BCUT2D eigenvalue weighted by Gasteiger charge is 2.20. The molecular weight excluding hydrogens is 556 g/mol. The molecule has 2 aromatic rings. The summed E-state index contributed by atoms with van der Waals surface area (Å²) in [7, 11) is 4.60. The molecule has 0 spiro atoms. The van der Waals surface area contributed by atoms with Crippen molar-refractivity contribution in [2.45, 2.75) is 147 Å². The Balaban J connectivity index is 2.77. The molecule has 0 atom stereocenters. The summed E-state index contributed by atoms with van der Waals surface area (Å²) >= 11 is 0. The zero-order valence-electron chi connectivity index (χ0n) is 32.3. The Hall–Kier alpha value is -3.00. The molecule has 0 saturated heterocycles. The molecule has 252 valence electrons. The van der Waals surface area contributed by atoms with Crippen LogP contribution in [0.5, 0.6) is 0 Å². The lowest BCUT2D eigenvalue weighted by Crippen LogP contribution is -2.26. The monoisotopic (exact) mass is 623 g/mol. The third kappa shape index (κ3) is 7.12. The van der Waals surface area contributed by atoms with Gasteiger partial charge >= 0.3 is 0 Å². The second-order valence-electron chi connectivity index (χ2n) is 13.2. The van der Waals surface area contributed by atoms with Crippen LogP contribution in [0.1, 0.15) is 155 Å². The number of hydrogen-bond acceptors (Lipinski definition) is 0. The van der Waals surface area contributed by atoms with Crippen LogP contribution in [0.15, 0.2) is 50.7 Å². The van der Waals surface area contributed by atoms with Gasteiger partial charge in [-0.1, -0.05) is 74.8 Å². The minimum absolute atomic E-state index is 1.03. The first-order chi connectivity index (χ1) is 22.0. The van der Waals surface area contributed by atoms with Crippen LogP contribution < -0.4 is 10.7 Å². The van der Waals surface area contributed by atoms with E-state index in [1.165, 1.54) is 83.4 Å². The maximum atomic E-state index is 2.58. The molecule has 0 aromatic carbocycles. The molecule has 3 rings (SSSR count). The number of fused-ring (bicyclic) bond motifs is 4. The van der Waals surface area contributed by atoms with E-state index in [1.807, 2.05) is 0 Å². The van der Waals surface area contributed by atoms with E-state index in [0.717, 1.165) is 64.2 Å². The summed E-state index contributed by atoms with van der Waals surface area (Å²) in [5.41, 5.74) is 20.5. The van der Waals surface area contributed by atoms with Crippen LogP contribution in [0.2, 0.25) is 0 Å². The molecule has 46 heavy (non-hydrogen) atoms. The molecule has 0 aliphatic carbocycles. The summed E-state index contributed by atoms with van der Waals surface area (Å²) in [4.78, 5) is 0. The van der Waals surface area contributed by atoms with Gasteiger partial charge in [-0.3, -0.25) is 0 Å². The van der Waals surface area contributed by atoms with E-state index in [9.17, 15) is 0 Å². The van der Waals surface area contributed by atoms with Crippen molar-refractivity contribution < 1.29 is 0 Å². The number of allylic oxidation sites excluding steroid dienone is 9. The molecular formula is C44H66N2. The molecule has 1 aliphatic heterocycles. The van der Waals surface area contributed by atoms with Crippen molar-refractivity contribution in [1.29, 1.82) is 0 Å². The number of aromatic nitrogens is 2. The highest BCUT2D eigenvalue weighted by molar-refractivity contribution is 5.68. The molecule has 0 N–H and O–H groups in total. The molecule has 2 heteroatoms. The van der Waals surface area contributed by atoms with Crippen LogP contribution in [-0.2, 0) is 39.8 Å². The first-order valence-electron chi connectivity index (χ1n) is 18.6. The lowest BCUT2D eigenvalue weighted by atomic mass is 9.87. The van der Waals surface area contributed by atoms with Crippen molar-refractivity contribution in [3.05, 3.63) is 95.0 Å². The smallest absolute Gasteiger partial charge is 0.0465 e. The summed E-state index contributed by atoms with van der Waals surface area (Å²) in [6, 6.07) is 0. The summed E-state index contributed by atoms with van der Waals surface area (Å²) in [5.74, 6) is 0. The van der Waals surface area contributed by atoms with E-state index in [-0.39, 0.29) is 0 Å². The van der Waals surface area contributed by atoms with Crippen molar-refractivity contribution in [3.8, 4) is 0 Å². The fourth-order valence-corrected chi connectivity index (χ4v) is 8.49. The standard InChI is InChI=1S/C44H66N2/c1-15-24-32-27-42-38(21-7)40(23-9)44(46(42)14)28-43-39(22-8)37(20-6)41(45(43)13)26-31(12)34(17-3)33(16-2)29(10)25-30(11)35(18-4)36(32)19-5/h25-28H,15-24H2,1-14H3/b29-25+,30-25?,31-26+,32-27?,33-29?,34-31?,34-33-,35-30+,36-32?,36-35?,41-26?,42-27?,43-28?,44-28?. The van der Waals surface area contributed by atoms with Gasteiger partial charge in [0, 0.05) is 36.2 Å². The zero-order chi connectivity index (χ0) is 34.3. The van der Waals surface area contributed by atoms with E-state index >= 15 is 0 Å². The van der Waals surface area contributed by atoms with Crippen molar-refractivity contribution in [2.75, 3.05) is 0 Å². The van der Waals surface area contributed by atoms with E-state index in [0.29, 0.717) is 0 Å². The molecule has 0 radical (unpaired) electrons. The highest BCUT2D eigenvalue weighted by Crippen LogP contribution is 2.34. The van der Waals surface area contributed by atoms with Gasteiger partial charge in [-0.2, -0.15) is 0 Å². The van der Waals surface area contributed by atoms with Gasteiger partial charge in [0.1, 0.15) is 0 Å². The highest BCUT2D eigenvalue weighted by atomic mass is 15.0. The number of rotatable bonds is 10. The van der Waals surface area contributed by atoms with Gasteiger partial charge < -0.3 is 9.13 Å². The van der Waals surface area contributed by atoms with E-state index in [1.54, 1.807) is 5.57 Å². The Morgan fingerprint density at radius 2 is 0.870 bits per heavy atom. The molecule has 2 aromatic heterocycles. The Labute approximate surface area is 283 Å². The fourth-order valence-electron chi connectivity index (χ4n) is 8.49. The molecule has 1 aliphatic rings. The Bertz CT molecular complexity index is 1700. The second kappa shape index (κ2) is 16.7. The van der Waals surface area contributed by atoms with Crippen LogP contribution in [0.25, 0.3) is 18.2 Å². The van der Waals surface area contributed by atoms with Crippen molar-refractivity contribution in [1.82, 2.24) is 9.13 Å². The topological polar surface area (TPSA) is 9.86 Å². The molecule has 2 nitrogen and oxygen atoms in total. The maximum Gasteiger partial charge on any atom is 0.0465 e. The SMILES string of the molecule is CCCC1=C(CC)/C(CC)=C(C)/C=C(C)/C(CC)=C(CC)\C(C)=C\c2c(CC)c(CC)c(n2C)C=c2c(CC)c(CC)c(n2C)=C1. The largest absolute Gasteiger partial charge is 0.344 e. The Morgan fingerprint density at radius 3 is 1.30 bits per heavy atom. The van der Waals surface area contributed by atoms with Crippen LogP contribution in [-0.4, -0.2) is 9.13 Å². The van der Waals surface area contributed by atoms with Gasteiger partial charge in [-0.15, -0.1) is 0 Å². The number of nitrogens with zero attached hydrogens (tertiary/aromatic N) is 2. The van der Waals surface area contributed by atoms with Crippen LogP contribution in [0, 0.1) is 0 Å². The predicted octanol–water partition coefficient (Wildman–Crippen LogP) is 10.9. The van der Waals surface area contributed by atoms with Gasteiger partial charge in [0.2, 0.25) is 0 Å². The minimum atomic E-state index is 1.03. The summed E-state index contributed by atoms with van der Waals surface area (Å²) < 4.78 is 5.01. The second-order valence-corrected chi connectivity index (χ2v) is 13.2. The third-order valence-electron chi connectivity index (χ3n) is 10.7. The van der Waals surface area contributed by atoms with Crippen LogP contribution >= 0.6 is 0 Å². The fraction of sp³-hybridized carbons (Fsp3) is 0.545. The van der Waals surface area contributed by atoms with E-state index < -0.39 is 0 Å².